The summed E-state index contributed by atoms with van der Waals surface area (Å²) in [5, 5.41) is 3.46. The molecule has 0 aliphatic carbocycles. The average Bonchev–Trinajstić information content (AvgIpc) is 2.75. The number of halogens is 1. The summed E-state index contributed by atoms with van der Waals surface area (Å²) < 4.78 is 5.23. The lowest BCUT2D eigenvalue weighted by Crippen LogP contribution is -2.44. The van der Waals surface area contributed by atoms with E-state index in [1.165, 1.54) is 11.1 Å². The molecule has 30 heavy (non-hydrogen) atoms. The quantitative estimate of drug-likeness (QED) is 0.357. The van der Waals surface area contributed by atoms with Gasteiger partial charge in [0.25, 0.3) is 0 Å². The lowest BCUT2D eigenvalue weighted by Gasteiger charge is -2.33. The number of likely N-dealkylation sites (N-methyl/N-ethyl adjacent to an activating group) is 1. The molecule has 2 aromatic rings. The topological polar surface area (TPSA) is 56.2 Å². The number of hydrogen-bond donors (Lipinski definition) is 1. The third-order valence-corrected chi connectivity index (χ3v) is 5.24. The Bertz CT molecular complexity index is 806. The van der Waals surface area contributed by atoms with Gasteiger partial charge in [-0.05, 0) is 42.4 Å². The Kier molecular flexibility index (Phi) is 9.64. The van der Waals surface area contributed by atoms with Crippen molar-refractivity contribution in [2.75, 3.05) is 59.3 Å². The van der Waals surface area contributed by atoms with Gasteiger partial charge in [0.1, 0.15) is 11.6 Å². The Balaban J connectivity index is 0.00000320. The molecule has 0 amide bonds. The highest BCUT2D eigenvalue weighted by molar-refractivity contribution is 14.0. The summed E-state index contributed by atoms with van der Waals surface area (Å²) in [6.45, 7) is 5.68. The molecule has 0 saturated carbocycles. The van der Waals surface area contributed by atoms with Crippen LogP contribution in [0, 0.1) is 0 Å². The number of aromatic nitrogens is 1. The minimum atomic E-state index is 0. The molecule has 0 atom stereocenters. The van der Waals surface area contributed by atoms with Crippen molar-refractivity contribution in [3.8, 4) is 5.75 Å². The van der Waals surface area contributed by atoms with Crippen molar-refractivity contribution in [3.63, 3.8) is 0 Å². The molecule has 1 aromatic carbocycles. The van der Waals surface area contributed by atoms with E-state index in [1.807, 2.05) is 32.4 Å². The van der Waals surface area contributed by atoms with Gasteiger partial charge in [-0.1, -0.05) is 12.1 Å². The fraction of sp³-hybridized carbons (Fsp3) is 0.455. The van der Waals surface area contributed by atoms with E-state index in [2.05, 4.69) is 61.3 Å². The van der Waals surface area contributed by atoms with Crippen molar-refractivity contribution < 1.29 is 4.74 Å². The monoisotopic (exact) mass is 524 g/mol. The fourth-order valence-corrected chi connectivity index (χ4v) is 3.42. The van der Waals surface area contributed by atoms with Gasteiger partial charge >= 0.3 is 0 Å². The number of benzene rings is 1. The number of ether oxygens (including phenoxy) is 1. The van der Waals surface area contributed by atoms with Crippen LogP contribution in [0.2, 0.25) is 0 Å². The van der Waals surface area contributed by atoms with Gasteiger partial charge in [0.2, 0.25) is 0 Å². The summed E-state index contributed by atoms with van der Waals surface area (Å²) in [6.07, 6.45) is 1.90. The second-order valence-corrected chi connectivity index (χ2v) is 7.42. The SMILES string of the molecule is CN=C(NCc1ccnc(N2CCN(C)CC2)c1)N(C)Cc1ccc(OC)cc1.I. The smallest absolute Gasteiger partial charge is 0.193 e. The summed E-state index contributed by atoms with van der Waals surface area (Å²) in [6, 6.07) is 12.4. The minimum Gasteiger partial charge on any atom is -0.497 e. The number of nitrogens with one attached hydrogen (secondary N) is 1. The first kappa shape index (κ1) is 24.2. The van der Waals surface area contributed by atoms with Gasteiger partial charge < -0.3 is 24.8 Å². The highest BCUT2D eigenvalue weighted by Gasteiger charge is 2.15. The second-order valence-electron chi connectivity index (χ2n) is 7.42. The van der Waals surface area contributed by atoms with Crippen molar-refractivity contribution in [1.82, 2.24) is 20.1 Å². The number of anilines is 1. The summed E-state index contributed by atoms with van der Waals surface area (Å²) in [7, 11) is 7.71. The Hall–Kier alpha value is -2.07. The number of hydrogen-bond acceptors (Lipinski definition) is 5. The molecule has 2 heterocycles. The van der Waals surface area contributed by atoms with Crippen LogP contribution < -0.4 is 15.0 Å². The Labute approximate surface area is 197 Å². The lowest BCUT2D eigenvalue weighted by molar-refractivity contribution is 0.312. The maximum atomic E-state index is 5.23. The van der Waals surface area contributed by atoms with E-state index < -0.39 is 0 Å². The zero-order valence-electron chi connectivity index (χ0n) is 18.3. The van der Waals surface area contributed by atoms with Crippen LogP contribution in [0.15, 0.2) is 47.6 Å². The zero-order chi connectivity index (χ0) is 20.6. The van der Waals surface area contributed by atoms with Gasteiger partial charge in [-0.25, -0.2) is 4.98 Å². The minimum absolute atomic E-state index is 0. The summed E-state index contributed by atoms with van der Waals surface area (Å²) in [5.41, 5.74) is 2.41. The number of rotatable bonds is 6. The van der Waals surface area contributed by atoms with E-state index in [4.69, 9.17) is 4.74 Å². The first-order valence-corrected chi connectivity index (χ1v) is 10.0. The average molecular weight is 524 g/mol. The molecular formula is C22H33IN6O. The van der Waals surface area contributed by atoms with Crippen LogP contribution in [0.4, 0.5) is 5.82 Å². The van der Waals surface area contributed by atoms with Crippen LogP contribution >= 0.6 is 24.0 Å². The normalized spacial score (nSPS) is 14.8. The molecule has 1 aliphatic rings. The zero-order valence-corrected chi connectivity index (χ0v) is 20.7. The van der Waals surface area contributed by atoms with Gasteiger partial charge in [-0.3, -0.25) is 4.99 Å². The molecule has 7 nitrogen and oxygen atoms in total. The first-order valence-electron chi connectivity index (χ1n) is 10.0. The van der Waals surface area contributed by atoms with Crippen LogP contribution in [0.5, 0.6) is 5.75 Å². The van der Waals surface area contributed by atoms with Crippen molar-refractivity contribution in [2.45, 2.75) is 13.1 Å². The summed E-state index contributed by atoms with van der Waals surface area (Å²) >= 11 is 0. The molecular weight excluding hydrogens is 491 g/mol. The van der Waals surface area contributed by atoms with Crippen LogP contribution in [0.25, 0.3) is 0 Å². The fourth-order valence-electron chi connectivity index (χ4n) is 3.42. The number of piperazine rings is 1. The van der Waals surface area contributed by atoms with E-state index >= 15 is 0 Å². The van der Waals surface area contributed by atoms with E-state index in [9.17, 15) is 0 Å². The molecule has 0 unspecified atom stereocenters. The molecule has 1 N–H and O–H groups in total. The van der Waals surface area contributed by atoms with E-state index in [-0.39, 0.29) is 24.0 Å². The van der Waals surface area contributed by atoms with Crippen LogP contribution in [-0.2, 0) is 13.1 Å². The Morgan fingerprint density at radius 1 is 1.13 bits per heavy atom. The van der Waals surface area contributed by atoms with E-state index in [0.717, 1.165) is 50.3 Å². The molecule has 164 valence electrons. The van der Waals surface area contributed by atoms with Gasteiger partial charge in [-0.15, -0.1) is 24.0 Å². The number of nitrogens with zero attached hydrogens (tertiary/aromatic N) is 5. The number of aliphatic imine (C=N–C) groups is 1. The maximum absolute atomic E-state index is 5.23. The van der Waals surface area contributed by atoms with Gasteiger partial charge in [-0.2, -0.15) is 0 Å². The highest BCUT2D eigenvalue weighted by Crippen LogP contribution is 2.15. The van der Waals surface area contributed by atoms with Crippen LogP contribution in [-0.4, -0.2) is 75.2 Å². The third kappa shape index (κ3) is 6.73. The molecule has 8 heteroatoms. The molecule has 3 rings (SSSR count). The van der Waals surface area contributed by atoms with Crippen molar-refractivity contribution >= 4 is 35.8 Å². The van der Waals surface area contributed by atoms with Gasteiger partial charge in [0.15, 0.2) is 5.96 Å². The molecule has 0 bridgehead atoms. The third-order valence-electron chi connectivity index (χ3n) is 5.24. The number of pyridine rings is 1. The maximum Gasteiger partial charge on any atom is 0.193 e. The van der Waals surface area contributed by atoms with E-state index in [1.54, 1.807) is 7.11 Å². The molecule has 1 aliphatic heterocycles. The predicted molar refractivity (Wildman–Crippen MR) is 134 cm³/mol. The molecule has 1 saturated heterocycles. The lowest BCUT2D eigenvalue weighted by atomic mass is 10.2. The molecule has 1 aromatic heterocycles. The van der Waals surface area contributed by atoms with E-state index in [0.29, 0.717) is 6.54 Å². The van der Waals surface area contributed by atoms with Crippen LogP contribution in [0.3, 0.4) is 0 Å². The van der Waals surface area contributed by atoms with Crippen LogP contribution in [0.1, 0.15) is 11.1 Å². The first-order chi connectivity index (χ1) is 14.1. The summed E-state index contributed by atoms with van der Waals surface area (Å²) in [5.74, 6) is 2.78. The summed E-state index contributed by atoms with van der Waals surface area (Å²) in [4.78, 5) is 15.8. The number of guanidine groups is 1. The molecule has 0 spiro atoms. The van der Waals surface area contributed by atoms with Crippen molar-refractivity contribution in [3.05, 3.63) is 53.7 Å². The molecule has 1 fully saturated rings. The Morgan fingerprint density at radius 3 is 2.47 bits per heavy atom. The second kappa shape index (κ2) is 11.9. The standard InChI is InChI=1S/C22H32N6O.HI/c1-23-22(27(3)17-18-5-7-20(29-4)8-6-18)25-16-19-9-10-24-21(15-19)28-13-11-26(2)12-14-28;/h5-10,15H,11-14,16-17H2,1-4H3,(H,23,25);1H. The van der Waals surface area contributed by atoms with Gasteiger partial charge in [0, 0.05) is 59.6 Å². The number of methoxy groups -OCH3 is 1. The van der Waals surface area contributed by atoms with Crippen molar-refractivity contribution in [2.24, 2.45) is 4.99 Å². The van der Waals surface area contributed by atoms with Crippen molar-refractivity contribution in [1.29, 1.82) is 0 Å². The predicted octanol–water partition coefficient (Wildman–Crippen LogP) is 2.67. The Morgan fingerprint density at radius 2 is 1.83 bits per heavy atom. The van der Waals surface area contributed by atoms with Gasteiger partial charge in [0.05, 0.1) is 7.11 Å². The highest BCUT2D eigenvalue weighted by atomic mass is 127. The molecule has 0 radical (unpaired) electrons. The largest absolute Gasteiger partial charge is 0.497 e.